The van der Waals surface area contributed by atoms with Crippen LogP contribution < -0.4 is 0 Å². The van der Waals surface area contributed by atoms with Gasteiger partial charge in [0.15, 0.2) is 0 Å². The summed E-state index contributed by atoms with van der Waals surface area (Å²) < 4.78 is 26.9. The summed E-state index contributed by atoms with van der Waals surface area (Å²) in [6, 6.07) is 7.05. The Kier molecular flexibility index (Phi) is 3.23. The molecular weight excluding hydrogens is 292 g/mol. The van der Waals surface area contributed by atoms with Crippen LogP contribution in [-0.2, 0) is 14.8 Å². The first-order chi connectivity index (χ1) is 9.95. The molecule has 0 aliphatic carbocycles. The lowest BCUT2D eigenvalue weighted by Gasteiger charge is -2.22. The topological polar surface area (TPSA) is 98.5 Å². The molecule has 3 rings (SSSR count). The van der Waals surface area contributed by atoms with Crippen LogP contribution in [0.25, 0.3) is 0 Å². The van der Waals surface area contributed by atoms with E-state index in [1.807, 2.05) is 6.07 Å². The van der Waals surface area contributed by atoms with E-state index in [1.165, 1.54) is 28.6 Å². The van der Waals surface area contributed by atoms with E-state index in [-0.39, 0.29) is 16.5 Å². The highest BCUT2D eigenvalue weighted by molar-refractivity contribution is 7.89. The fourth-order valence-corrected chi connectivity index (χ4v) is 5.39. The van der Waals surface area contributed by atoms with E-state index in [9.17, 15) is 18.3 Å². The average molecular weight is 306 g/mol. The normalized spacial score (nSPS) is 28.4. The second-order valence-corrected chi connectivity index (χ2v) is 7.30. The van der Waals surface area contributed by atoms with E-state index in [2.05, 4.69) is 0 Å². The van der Waals surface area contributed by atoms with Crippen molar-refractivity contribution < 1.29 is 18.3 Å². The molecule has 2 bridgehead atoms. The van der Waals surface area contributed by atoms with Crippen LogP contribution in [0.3, 0.4) is 0 Å². The van der Waals surface area contributed by atoms with Crippen LogP contribution in [-0.4, -0.2) is 35.9 Å². The van der Waals surface area contributed by atoms with Crippen LogP contribution in [0, 0.1) is 17.2 Å². The quantitative estimate of drug-likeness (QED) is 0.904. The van der Waals surface area contributed by atoms with Crippen LogP contribution in [0.5, 0.6) is 0 Å². The zero-order valence-electron chi connectivity index (χ0n) is 11.1. The van der Waals surface area contributed by atoms with Crippen molar-refractivity contribution in [1.29, 1.82) is 5.26 Å². The molecule has 6 nitrogen and oxygen atoms in total. The fourth-order valence-electron chi connectivity index (χ4n) is 3.43. The zero-order valence-corrected chi connectivity index (χ0v) is 12.0. The highest BCUT2D eigenvalue weighted by Crippen LogP contribution is 2.45. The van der Waals surface area contributed by atoms with Crippen molar-refractivity contribution in [2.45, 2.75) is 36.2 Å². The Balaban J connectivity index is 2.00. The predicted octanol–water partition coefficient (Wildman–Crippen LogP) is 1.18. The van der Waals surface area contributed by atoms with Gasteiger partial charge in [-0.15, -0.1) is 0 Å². The van der Waals surface area contributed by atoms with Gasteiger partial charge in [-0.05, 0) is 37.5 Å². The number of rotatable bonds is 3. The number of fused-ring (bicyclic) bond motifs is 2. The molecule has 21 heavy (non-hydrogen) atoms. The molecule has 2 aliphatic heterocycles. The number of sulfonamides is 1. The zero-order chi connectivity index (χ0) is 15.2. The lowest BCUT2D eigenvalue weighted by molar-refractivity contribution is -0.142. The molecule has 1 aromatic carbocycles. The standard InChI is InChI=1S/C14H14N2O4S/c15-8-9-2-1-3-11(6-9)21(19,20)16-10-4-5-13(16)12(7-10)14(17)18/h1-3,6,10,12-13H,4-5,7H2,(H,17,18). The Labute approximate surface area is 122 Å². The Bertz CT molecular complexity index is 738. The summed E-state index contributed by atoms with van der Waals surface area (Å²) >= 11 is 0. The van der Waals surface area contributed by atoms with E-state index in [1.54, 1.807) is 0 Å². The summed E-state index contributed by atoms with van der Waals surface area (Å²) in [6.45, 7) is 0. The van der Waals surface area contributed by atoms with Crippen molar-refractivity contribution >= 4 is 16.0 Å². The first-order valence-electron chi connectivity index (χ1n) is 6.71. The maximum atomic E-state index is 12.8. The van der Waals surface area contributed by atoms with Crippen LogP contribution in [0.4, 0.5) is 0 Å². The van der Waals surface area contributed by atoms with Crippen LogP contribution in [0.1, 0.15) is 24.8 Å². The summed E-state index contributed by atoms with van der Waals surface area (Å²) in [7, 11) is -3.75. The van der Waals surface area contributed by atoms with Gasteiger partial charge in [-0.1, -0.05) is 6.07 Å². The molecule has 3 unspecified atom stereocenters. The molecule has 2 saturated heterocycles. The summed E-state index contributed by atoms with van der Waals surface area (Å²) in [5.41, 5.74) is 0.275. The van der Waals surface area contributed by atoms with E-state index in [4.69, 9.17) is 5.26 Å². The molecule has 2 heterocycles. The Hall–Kier alpha value is -1.91. The second-order valence-electron chi connectivity index (χ2n) is 5.45. The van der Waals surface area contributed by atoms with Gasteiger partial charge in [-0.3, -0.25) is 4.79 Å². The Morgan fingerprint density at radius 2 is 2.14 bits per heavy atom. The number of hydrogen-bond donors (Lipinski definition) is 1. The molecule has 3 atom stereocenters. The maximum absolute atomic E-state index is 12.8. The molecule has 0 amide bonds. The minimum absolute atomic E-state index is 0.0597. The smallest absolute Gasteiger partial charge is 0.308 e. The third kappa shape index (κ3) is 2.11. The van der Waals surface area contributed by atoms with E-state index >= 15 is 0 Å². The van der Waals surface area contributed by atoms with E-state index < -0.39 is 28.0 Å². The second kappa shape index (κ2) is 4.83. The highest BCUT2D eigenvalue weighted by Gasteiger charge is 2.54. The van der Waals surface area contributed by atoms with Crippen molar-refractivity contribution in [3.63, 3.8) is 0 Å². The molecule has 0 saturated carbocycles. The third-order valence-corrected chi connectivity index (χ3v) is 6.30. The van der Waals surface area contributed by atoms with Crippen LogP contribution >= 0.6 is 0 Å². The van der Waals surface area contributed by atoms with E-state index in [0.29, 0.717) is 19.3 Å². The van der Waals surface area contributed by atoms with Gasteiger partial charge in [0.05, 0.1) is 22.4 Å². The van der Waals surface area contributed by atoms with Gasteiger partial charge in [0.25, 0.3) is 0 Å². The number of carboxylic acids is 1. The number of hydrogen-bond acceptors (Lipinski definition) is 4. The molecular formula is C14H14N2O4S. The van der Waals surface area contributed by atoms with Gasteiger partial charge in [-0.25, -0.2) is 8.42 Å². The first kappa shape index (κ1) is 14.0. The average Bonchev–Trinajstić information content (AvgIpc) is 3.05. The summed E-state index contributed by atoms with van der Waals surface area (Å²) in [4.78, 5) is 11.3. The molecule has 0 aromatic heterocycles. The highest BCUT2D eigenvalue weighted by atomic mass is 32.2. The van der Waals surface area contributed by atoms with E-state index in [0.717, 1.165) is 0 Å². The lowest BCUT2D eigenvalue weighted by atomic mass is 9.89. The fraction of sp³-hybridized carbons (Fsp3) is 0.429. The Morgan fingerprint density at radius 3 is 2.76 bits per heavy atom. The molecule has 1 aromatic rings. The van der Waals surface area contributed by atoms with Gasteiger partial charge >= 0.3 is 5.97 Å². The molecule has 0 radical (unpaired) electrons. The molecule has 2 fully saturated rings. The third-order valence-electron chi connectivity index (χ3n) is 4.33. The summed E-state index contributed by atoms with van der Waals surface area (Å²) in [6.07, 6.45) is 1.65. The van der Waals surface area contributed by atoms with Crippen molar-refractivity contribution in [3.8, 4) is 6.07 Å². The Morgan fingerprint density at radius 1 is 1.38 bits per heavy atom. The maximum Gasteiger partial charge on any atom is 0.308 e. The number of carbonyl (C=O) groups is 1. The van der Waals surface area contributed by atoms with Gasteiger partial charge in [0.2, 0.25) is 10.0 Å². The molecule has 1 N–H and O–H groups in total. The van der Waals surface area contributed by atoms with Crippen molar-refractivity contribution in [3.05, 3.63) is 29.8 Å². The van der Waals surface area contributed by atoms with Crippen molar-refractivity contribution in [2.24, 2.45) is 5.92 Å². The first-order valence-corrected chi connectivity index (χ1v) is 8.15. The molecule has 2 aliphatic rings. The van der Waals surface area contributed by atoms with Gasteiger partial charge in [0.1, 0.15) is 0 Å². The summed E-state index contributed by atoms with van der Waals surface area (Å²) in [5.74, 6) is -1.56. The SMILES string of the molecule is N#Cc1cccc(S(=O)(=O)N2C3CCC2C(C(=O)O)C3)c1. The summed E-state index contributed by atoms with van der Waals surface area (Å²) in [5, 5.41) is 18.1. The van der Waals surface area contributed by atoms with Crippen LogP contribution in [0.15, 0.2) is 29.2 Å². The lowest BCUT2D eigenvalue weighted by Crippen LogP contribution is -2.37. The monoisotopic (exact) mass is 306 g/mol. The number of nitriles is 1. The largest absolute Gasteiger partial charge is 0.481 e. The number of nitrogens with zero attached hydrogens (tertiary/aromatic N) is 2. The minimum Gasteiger partial charge on any atom is -0.481 e. The van der Waals surface area contributed by atoms with Gasteiger partial charge < -0.3 is 5.11 Å². The minimum atomic E-state index is -3.75. The number of aliphatic carboxylic acids is 1. The molecule has 7 heteroatoms. The van der Waals surface area contributed by atoms with Gasteiger partial charge in [-0.2, -0.15) is 9.57 Å². The molecule has 0 spiro atoms. The van der Waals surface area contributed by atoms with Crippen molar-refractivity contribution in [2.75, 3.05) is 0 Å². The van der Waals surface area contributed by atoms with Gasteiger partial charge in [0, 0.05) is 12.1 Å². The number of carboxylic acid groups (broad SMARTS) is 1. The van der Waals surface area contributed by atoms with Crippen molar-refractivity contribution in [1.82, 2.24) is 4.31 Å². The number of benzene rings is 1. The van der Waals surface area contributed by atoms with Crippen LogP contribution in [0.2, 0.25) is 0 Å². The molecule has 110 valence electrons. The predicted molar refractivity (Wildman–Crippen MR) is 72.7 cm³/mol.